The molecule has 0 saturated carbocycles. The summed E-state index contributed by atoms with van der Waals surface area (Å²) in [5.74, 6) is 3.59. The van der Waals surface area contributed by atoms with Crippen LogP contribution in [-0.2, 0) is 13.5 Å². The van der Waals surface area contributed by atoms with Crippen LogP contribution in [0.3, 0.4) is 0 Å². The van der Waals surface area contributed by atoms with Gasteiger partial charge in [-0.2, -0.15) is 16.9 Å². The topological polar surface area (TPSA) is 29.9 Å². The lowest BCUT2D eigenvalue weighted by Gasteiger charge is -2.27. The minimum absolute atomic E-state index is 0.569. The lowest BCUT2D eigenvalue weighted by Crippen LogP contribution is -2.34. The first-order valence-electron chi connectivity index (χ1n) is 7.60. The summed E-state index contributed by atoms with van der Waals surface area (Å²) in [6.45, 7) is 5.31. The van der Waals surface area contributed by atoms with Crippen LogP contribution in [0.1, 0.15) is 37.6 Å². The van der Waals surface area contributed by atoms with E-state index in [4.69, 9.17) is 0 Å². The van der Waals surface area contributed by atoms with Crippen molar-refractivity contribution in [2.75, 3.05) is 18.1 Å². The second kappa shape index (κ2) is 7.85. The second-order valence-corrected chi connectivity index (χ2v) is 7.74. The van der Waals surface area contributed by atoms with Gasteiger partial charge in [0, 0.05) is 19.5 Å². The highest BCUT2D eigenvalue weighted by Gasteiger charge is 2.21. The Bertz CT molecular complexity index is 427. The standard InChI is InChI=1S/C15H26BrN3S/c1-4-17-13(9-12-5-7-20-8-6-12)10-14-15(16)11(2)18-19(14)3/h12-13,17H,4-10H2,1-3H3. The van der Waals surface area contributed by atoms with Crippen LogP contribution in [0, 0.1) is 12.8 Å². The predicted molar refractivity (Wildman–Crippen MR) is 91.5 cm³/mol. The van der Waals surface area contributed by atoms with Crippen molar-refractivity contribution < 1.29 is 0 Å². The predicted octanol–water partition coefficient (Wildman–Crippen LogP) is 3.54. The van der Waals surface area contributed by atoms with E-state index < -0.39 is 0 Å². The van der Waals surface area contributed by atoms with Gasteiger partial charge in [0.25, 0.3) is 0 Å². The third-order valence-corrected chi connectivity index (χ3v) is 6.23. The summed E-state index contributed by atoms with van der Waals surface area (Å²) in [5, 5.41) is 8.18. The molecule has 0 radical (unpaired) electrons. The third-order valence-electron chi connectivity index (χ3n) is 4.15. The molecule has 1 aliphatic rings. The molecule has 0 bridgehead atoms. The SMILES string of the molecule is CCNC(Cc1c(Br)c(C)nn1C)CC1CCSCC1. The van der Waals surface area contributed by atoms with E-state index in [1.54, 1.807) is 0 Å². The molecule has 0 spiro atoms. The molecule has 1 aromatic heterocycles. The molecule has 0 aromatic carbocycles. The fourth-order valence-corrected chi connectivity index (χ4v) is 4.75. The summed E-state index contributed by atoms with van der Waals surface area (Å²) in [7, 11) is 2.05. The van der Waals surface area contributed by atoms with Crippen molar-refractivity contribution in [2.45, 2.75) is 45.6 Å². The van der Waals surface area contributed by atoms with Crippen LogP contribution >= 0.6 is 27.7 Å². The molecule has 2 rings (SSSR count). The summed E-state index contributed by atoms with van der Waals surface area (Å²) >= 11 is 5.80. The average molecular weight is 360 g/mol. The molecule has 0 amide bonds. The molecule has 1 N–H and O–H groups in total. The third kappa shape index (κ3) is 4.25. The first kappa shape index (κ1) is 16.4. The lowest BCUT2D eigenvalue weighted by molar-refractivity contribution is 0.362. The fourth-order valence-electron chi connectivity index (χ4n) is 3.05. The number of nitrogens with zero attached hydrogens (tertiary/aromatic N) is 2. The van der Waals surface area contributed by atoms with Gasteiger partial charge >= 0.3 is 0 Å². The van der Waals surface area contributed by atoms with Crippen LogP contribution < -0.4 is 5.32 Å². The van der Waals surface area contributed by atoms with E-state index in [1.807, 2.05) is 11.7 Å². The molecule has 1 saturated heterocycles. The van der Waals surface area contributed by atoms with E-state index in [0.717, 1.165) is 24.6 Å². The number of halogens is 1. The van der Waals surface area contributed by atoms with Gasteiger partial charge in [0.15, 0.2) is 0 Å². The van der Waals surface area contributed by atoms with Gasteiger partial charge in [0.2, 0.25) is 0 Å². The van der Waals surface area contributed by atoms with Gasteiger partial charge in [-0.25, -0.2) is 0 Å². The number of hydrogen-bond donors (Lipinski definition) is 1. The van der Waals surface area contributed by atoms with Crippen LogP contribution in [0.5, 0.6) is 0 Å². The minimum atomic E-state index is 0.569. The molecule has 5 heteroatoms. The maximum absolute atomic E-state index is 4.51. The van der Waals surface area contributed by atoms with Crippen LogP contribution in [0.4, 0.5) is 0 Å². The monoisotopic (exact) mass is 359 g/mol. The zero-order valence-corrected chi connectivity index (χ0v) is 15.2. The Morgan fingerprint density at radius 1 is 1.45 bits per heavy atom. The van der Waals surface area contributed by atoms with Crippen LogP contribution in [0.2, 0.25) is 0 Å². The number of aromatic nitrogens is 2. The quantitative estimate of drug-likeness (QED) is 0.842. The number of nitrogens with one attached hydrogen (secondary N) is 1. The molecule has 114 valence electrons. The van der Waals surface area contributed by atoms with Crippen molar-refractivity contribution in [1.82, 2.24) is 15.1 Å². The largest absolute Gasteiger partial charge is 0.314 e. The molecule has 1 unspecified atom stereocenters. The number of likely N-dealkylation sites (N-methyl/N-ethyl adjacent to an activating group) is 1. The van der Waals surface area contributed by atoms with Crippen molar-refractivity contribution in [1.29, 1.82) is 0 Å². The fraction of sp³-hybridized carbons (Fsp3) is 0.800. The lowest BCUT2D eigenvalue weighted by atomic mass is 9.92. The van der Waals surface area contributed by atoms with Gasteiger partial charge in [0.1, 0.15) is 0 Å². The molecule has 3 nitrogen and oxygen atoms in total. The normalized spacial score (nSPS) is 18.4. The van der Waals surface area contributed by atoms with Gasteiger partial charge in [-0.3, -0.25) is 4.68 Å². The van der Waals surface area contributed by atoms with Gasteiger partial charge in [-0.15, -0.1) is 0 Å². The Labute approximate surface area is 135 Å². The maximum atomic E-state index is 4.51. The van der Waals surface area contributed by atoms with Gasteiger partial charge in [0.05, 0.1) is 15.9 Å². The molecular formula is C15H26BrN3S. The molecule has 1 aromatic rings. The zero-order valence-electron chi connectivity index (χ0n) is 12.8. The average Bonchev–Trinajstić information content (AvgIpc) is 2.67. The summed E-state index contributed by atoms with van der Waals surface area (Å²) < 4.78 is 3.21. The van der Waals surface area contributed by atoms with E-state index in [-0.39, 0.29) is 0 Å². The van der Waals surface area contributed by atoms with E-state index in [0.29, 0.717) is 6.04 Å². The molecule has 1 aliphatic heterocycles. The van der Waals surface area contributed by atoms with Crippen molar-refractivity contribution in [3.8, 4) is 0 Å². The highest BCUT2D eigenvalue weighted by molar-refractivity contribution is 9.10. The van der Waals surface area contributed by atoms with E-state index in [1.165, 1.54) is 40.9 Å². The van der Waals surface area contributed by atoms with Gasteiger partial charge < -0.3 is 5.32 Å². The van der Waals surface area contributed by atoms with Crippen molar-refractivity contribution in [2.24, 2.45) is 13.0 Å². The Hall–Kier alpha value is -0.000000000000000111. The van der Waals surface area contributed by atoms with Crippen molar-refractivity contribution >= 4 is 27.7 Å². The molecule has 1 fully saturated rings. The Morgan fingerprint density at radius 3 is 2.70 bits per heavy atom. The van der Waals surface area contributed by atoms with Crippen LogP contribution in [-0.4, -0.2) is 33.9 Å². The molecule has 2 heterocycles. The minimum Gasteiger partial charge on any atom is -0.314 e. The van der Waals surface area contributed by atoms with Crippen molar-refractivity contribution in [3.63, 3.8) is 0 Å². The number of thioether (sulfide) groups is 1. The Kier molecular flexibility index (Phi) is 6.43. The summed E-state index contributed by atoms with van der Waals surface area (Å²) in [6, 6.07) is 0.569. The first-order chi connectivity index (χ1) is 9.61. The van der Waals surface area contributed by atoms with Gasteiger partial charge in [-0.1, -0.05) is 6.92 Å². The Balaban J connectivity index is 2.00. The highest BCUT2D eigenvalue weighted by atomic mass is 79.9. The molecule has 1 atom stereocenters. The van der Waals surface area contributed by atoms with Gasteiger partial charge in [-0.05, 0) is 66.1 Å². The van der Waals surface area contributed by atoms with E-state index in [2.05, 4.69) is 52.0 Å². The number of rotatable bonds is 6. The summed E-state index contributed by atoms with van der Waals surface area (Å²) in [4.78, 5) is 0. The van der Waals surface area contributed by atoms with Crippen molar-refractivity contribution in [3.05, 3.63) is 15.9 Å². The molecule has 20 heavy (non-hydrogen) atoms. The Morgan fingerprint density at radius 2 is 2.15 bits per heavy atom. The zero-order chi connectivity index (χ0) is 14.5. The summed E-state index contributed by atoms with van der Waals surface area (Å²) in [6.07, 6.45) is 5.14. The number of hydrogen-bond acceptors (Lipinski definition) is 3. The number of aryl methyl sites for hydroxylation is 2. The second-order valence-electron chi connectivity index (χ2n) is 5.72. The van der Waals surface area contributed by atoms with E-state index >= 15 is 0 Å². The highest BCUT2D eigenvalue weighted by Crippen LogP contribution is 2.28. The molecule has 0 aliphatic carbocycles. The first-order valence-corrected chi connectivity index (χ1v) is 9.55. The smallest absolute Gasteiger partial charge is 0.0738 e. The summed E-state index contributed by atoms with van der Waals surface area (Å²) in [5.41, 5.74) is 2.41. The maximum Gasteiger partial charge on any atom is 0.0738 e. The van der Waals surface area contributed by atoms with Crippen LogP contribution in [0.25, 0.3) is 0 Å². The van der Waals surface area contributed by atoms with Crippen LogP contribution in [0.15, 0.2) is 4.47 Å². The molecular weight excluding hydrogens is 334 g/mol. The van der Waals surface area contributed by atoms with E-state index in [9.17, 15) is 0 Å².